The number of amides is 3. The second-order valence-corrected chi connectivity index (χ2v) is 7.02. The van der Waals surface area contributed by atoms with E-state index in [-0.39, 0.29) is 23.5 Å². The Kier molecular flexibility index (Phi) is 4.66. The number of imide groups is 1. The summed E-state index contributed by atoms with van der Waals surface area (Å²) in [4.78, 5) is 41.4. The van der Waals surface area contributed by atoms with Gasteiger partial charge in [0.15, 0.2) is 0 Å². The van der Waals surface area contributed by atoms with E-state index in [2.05, 4.69) is 15.4 Å². The molecule has 1 aliphatic heterocycles. The van der Waals surface area contributed by atoms with Gasteiger partial charge in [0.1, 0.15) is 6.33 Å². The van der Waals surface area contributed by atoms with Crippen molar-refractivity contribution in [2.75, 3.05) is 18.1 Å². The number of para-hydroxylation sites is 1. The summed E-state index contributed by atoms with van der Waals surface area (Å²) < 4.78 is 1.64. The second-order valence-electron chi connectivity index (χ2n) is 6.07. The molecule has 0 aliphatic carbocycles. The SMILES string of the molecule is CN1C(=O)c2ccc(NC(=O)CSc3ncn(-c4ccccc4)n3)cc2C1=O. The van der Waals surface area contributed by atoms with Crippen LogP contribution in [0.15, 0.2) is 60.0 Å². The number of carbonyl (C=O) groups excluding carboxylic acids is 3. The Morgan fingerprint density at radius 2 is 1.82 bits per heavy atom. The molecule has 1 aliphatic rings. The van der Waals surface area contributed by atoms with Crippen LogP contribution in [-0.4, -0.2) is 50.2 Å². The summed E-state index contributed by atoms with van der Waals surface area (Å²) in [5.41, 5.74) is 1.98. The number of fused-ring (bicyclic) bond motifs is 1. The average molecular weight is 393 g/mol. The van der Waals surface area contributed by atoms with E-state index in [1.54, 1.807) is 23.1 Å². The van der Waals surface area contributed by atoms with Crippen LogP contribution >= 0.6 is 11.8 Å². The summed E-state index contributed by atoms with van der Waals surface area (Å²) in [6.45, 7) is 0. The normalized spacial score (nSPS) is 13.0. The third-order valence-corrected chi connectivity index (χ3v) is 5.05. The maximum absolute atomic E-state index is 12.2. The number of nitrogens with one attached hydrogen (secondary N) is 1. The monoisotopic (exact) mass is 393 g/mol. The predicted molar refractivity (Wildman–Crippen MR) is 104 cm³/mol. The van der Waals surface area contributed by atoms with Crippen molar-refractivity contribution in [3.8, 4) is 5.69 Å². The highest BCUT2D eigenvalue weighted by atomic mass is 32.2. The number of aromatic nitrogens is 3. The van der Waals surface area contributed by atoms with Crippen LogP contribution in [0.5, 0.6) is 0 Å². The highest BCUT2D eigenvalue weighted by Gasteiger charge is 2.32. The Hall–Kier alpha value is -3.46. The topological polar surface area (TPSA) is 97.2 Å². The van der Waals surface area contributed by atoms with Crippen LogP contribution in [0.4, 0.5) is 5.69 Å². The van der Waals surface area contributed by atoms with Gasteiger partial charge in [0.25, 0.3) is 11.8 Å². The standard InChI is InChI=1S/C19H15N5O3S/c1-23-17(26)14-8-7-12(9-15(14)18(23)27)21-16(25)10-28-19-20-11-24(22-19)13-5-3-2-4-6-13/h2-9,11H,10H2,1H3,(H,21,25). The van der Waals surface area contributed by atoms with E-state index in [0.29, 0.717) is 22.0 Å². The number of benzene rings is 2. The summed E-state index contributed by atoms with van der Waals surface area (Å²) in [5.74, 6) is -0.858. The summed E-state index contributed by atoms with van der Waals surface area (Å²) >= 11 is 1.21. The molecule has 0 saturated heterocycles. The average Bonchev–Trinajstić information content (AvgIpc) is 3.27. The van der Waals surface area contributed by atoms with Crippen molar-refractivity contribution in [3.05, 3.63) is 66.0 Å². The molecule has 8 nitrogen and oxygen atoms in total. The minimum atomic E-state index is -0.374. The van der Waals surface area contributed by atoms with E-state index in [1.165, 1.54) is 24.9 Å². The molecule has 0 spiro atoms. The fraction of sp³-hybridized carbons (Fsp3) is 0.105. The lowest BCUT2D eigenvalue weighted by Gasteiger charge is -2.05. The number of thioether (sulfide) groups is 1. The van der Waals surface area contributed by atoms with Gasteiger partial charge in [-0.05, 0) is 30.3 Å². The van der Waals surface area contributed by atoms with Gasteiger partial charge in [-0.25, -0.2) is 9.67 Å². The Bertz CT molecular complexity index is 1080. The van der Waals surface area contributed by atoms with Crippen molar-refractivity contribution in [2.24, 2.45) is 0 Å². The van der Waals surface area contributed by atoms with E-state index < -0.39 is 0 Å². The van der Waals surface area contributed by atoms with Gasteiger partial charge in [0.2, 0.25) is 11.1 Å². The first-order valence-corrected chi connectivity index (χ1v) is 9.37. The van der Waals surface area contributed by atoms with Crippen molar-refractivity contribution in [1.82, 2.24) is 19.7 Å². The predicted octanol–water partition coefficient (Wildman–Crippen LogP) is 2.22. The first-order chi connectivity index (χ1) is 13.5. The summed E-state index contributed by atoms with van der Waals surface area (Å²) in [6.07, 6.45) is 1.59. The lowest BCUT2D eigenvalue weighted by molar-refractivity contribution is -0.113. The zero-order valence-corrected chi connectivity index (χ0v) is 15.6. The molecule has 9 heteroatoms. The third kappa shape index (κ3) is 3.39. The zero-order chi connectivity index (χ0) is 19.7. The third-order valence-electron chi connectivity index (χ3n) is 4.20. The molecule has 28 heavy (non-hydrogen) atoms. The quantitative estimate of drug-likeness (QED) is 0.527. The maximum Gasteiger partial charge on any atom is 0.261 e. The van der Waals surface area contributed by atoms with Crippen LogP contribution < -0.4 is 5.32 Å². The molecular weight excluding hydrogens is 378 g/mol. The number of hydrogen-bond acceptors (Lipinski definition) is 6. The number of carbonyl (C=O) groups is 3. The van der Waals surface area contributed by atoms with E-state index in [9.17, 15) is 14.4 Å². The van der Waals surface area contributed by atoms with Crippen molar-refractivity contribution in [2.45, 2.75) is 5.16 Å². The minimum absolute atomic E-state index is 0.114. The van der Waals surface area contributed by atoms with Gasteiger partial charge in [-0.15, -0.1) is 5.10 Å². The molecule has 3 aromatic rings. The molecule has 0 bridgehead atoms. The van der Waals surface area contributed by atoms with E-state index in [1.807, 2.05) is 30.3 Å². The van der Waals surface area contributed by atoms with Crippen LogP contribution in [-0.2, 0) is 4.79 Å². The van der Waals surface area contributed by atoms with Crippen LogP contribution in [0, 0.1) is 0 Å². The van der Waals surface area contributed by atoms with Crippen LogP contribution in [0.1, 0.15) is 20.7 Å². The molecule has 2 aromatic carbocycles. The van der Waals surface area contributed by atoms with Crippen molar-refractivity contribution < 1.29 is 14.4 Å². The van der Waals surface area contributed by atoms with Crippen molar-refractivity contribution in [3.63, 3.8) is 0 Å². The number of anilines is 1. The van der Waals surface area contributed by atoms with Crippen LogP contribution in [0.25, 0.3) is 5.69 Å². The molecule has 1 aromatic heterocycles. The van der Waals surface area contributed by atoms with Gasteiger partial charge in [-0.2, -0.15) is 0 Å². The maximum atomic E-state index is 12.2. The van der Waals surface area contributed by atoms with Gasteiger partial charge < -0.3 is 5.32 Å². The lowest BCUT2D eigenvalue weighted by Crippen LogP contribution is -2.24. The molecular formula is C19H15N5O3S. The van der Waals surface area contributed by atoms with E-state index in [0.717, 1.165) is 10.6 Å². The fourth-order valence-electron chi connectivity index (χ4n) is 2.79. The molecule has 0 atom stereocenters. The van der Waals surface area contributed by atoms with Crippen LogP contribution in [0.2, 0.25) is 0 Å². The molecule has 1 N–H and O–H groups in total. The largest absolute Gasteiger partial charge is 0.325 e. The Morgan fingerprint density at radius 1 is 1.07 bits per heavy atom. The zero-order valence-electron chi connectivity index (χ0n) is 14.8. The van der Waals surface area contributed by atoms with Gasteiger partial charge in [-0.1, -0.05) is 30.0 Å². The molecule has 3 amide bonds. The molecule has 2 heterocycles. The Balaban J connectivity index is 1.38. The van der Waals surface area contributed by atoms with Gasteiger partial charge in [0, 0.05) is 12.7 Å². The molecule has 0 radical (unpaired) electrons. The number of hydrogen-bond donors (Lipinski definition) is 1. The summed E-state index contributed by atoms with van der Waals surface area (Å²) in [5, 5.41) is 7.54. The molecule has 0 fully saturated rings. The fourth-order valence-corrected chi connectivity index (χ4v) is 3.39. The smallest absolute Gasteiger partial charge is 0.261 e. The molecule has 140 valence electrons. The minimum Gasteiger partial charge on any atom is -0.325 e. The Morgan fingerprint density at radius 3 is 2.61 bits per heavy atom. The van der Waals surface area contributed by atoms with E-state index in [4.69, 9.17) is 0 Å². The number of rotatable bonds is 5. The molecule has 0 unspecified atom stereocenters. The van der Waals surface area contributed by atoms with Crippen molar-refractivity contribution >= 4 is 35.2 Å². The summed E-state index contributed by atoms with van der Waals surface area (Å²) in [7, 11) is 1.43. The van der Waals surface area contributed by atoms with Crippen molar-refractivity contribution in [1.29, 1.82) is 0 Å². The van der Waals surface area contributed by atoms with Gasteiger partial charge in [-0.3, -0.25) is 19.3 Å². The highest BCUT2D eigenvalue weighted by Crippen LogP contribution is 2.25. The first-order valence-electron chi connectivity index (χ1n) is 8.39. The Labute approximate surface area is 164 Å². The lowest BCUT2D eigenvalue weighted by atomic mass is 10.1. The van der Waals surface area contributed by atoms with Crippen LogP contribution in [0.3, 0.4) is 0 Å². The van der Waals surface area contributed by atoms with E-state index >= 15 is 0 Å². The molecule has 0 saturated carbocycles. The molecule has 4 rings (SSSR count). The first kappa shape index (κ1) is 17.9. The van der Waals surface area contributed by atoms with Gasteiger partial charge >= 0.3 is 0 Å². The summed E-state index contributed by atoms with van der Waals surface area (Å²) in [6, 6.07) is 14.2. The second kappa shape index (κ2) is 7.28. The highest BCUT2D eigenvalue weighted by molar-refractivity contribution is 7.99. The number of nitrogens with zero attached hydrogens (tertiary/aromatic N) is 4. The van der Waals surface area contributed by atoms with Gasteiger partial charge in [0.05, 0.1) is 22.6 Å².